The van der Waals surface area contributed by atoms with Gasteiger partial charge in [0, 0.05) is 29.6 Å². The van der Waals surface area contributed by atoms with Gasteiger partial charge in [-0.05, 0) is 61.7 Å². The molecule has 0 aliphatic rings. The third-order valence-electron chi connectivity index (χ3n) is 7.32. The molecule has 0 saturated carbocycles. The first-order valence-corrected chi connectivity index (χ1v) is 16.9. The van der Waals surface area contributed by atoms with Gasteiger partial charge in [-0.2, -0.15) is 0 Å². The van der Waals surface area contributed by atoms with Crippen molar-refractivity contribution in [2.24, 2.45) is 0 Å². The molecule has 2 amide bonds. The van der Waals surface area contributed by atoms with E-state index in [0.29, 0.717) is 13.0 Å². The number of anilines is 1. The molecule has 4 aromatic rings. The zero-order valence-electron chi connectivity index (χ0n) is 25.5. The van der Waals surface area contributed by atoms with Crippen LogP contribution in [0.2, 0.25) is 10.0 Å². The maximum absolute atomic E-state index is 14.5. The summed E-state index contributed by atoms with van der Waals surface area (Å²) in [5, 5.41) is 3.37. The summed E-state index contributed by atoms with van der Waals surface area (Å²) < 4.78 is 29.3. The summed E-state index contributed by atoms with van der Waals surface area (Å²) in [5.41, 5.74) is 3.72. The number of halogens is 2. The van der Waals surface area contributed by atoms with Crippen LogP contribution in [0.15, 0.2) is 102 Å². The van der Waals surface area contributed by atoms with Crippen LogP contribution in [0, 0.1) is 13.8 Å². The van der Waals surface area contributed by atoms with Crippen molar-refractivity contribution < 1.29 is 18.0 Å². The van der Waals surface area contributed by atoms with Gasteiger partial charge in [-0.3, -0.25) is 13.9 Å². The summed E-state index contributed by atoms with van der Waals surface area (Å²) >= 11 is 12.6. The number of nitrogens with zero attached hydrogens (tertiary/aromatic N) is 2. The van der Waals surface area contributed by atoms with Crippen LogP contribution in [-0.2, 0) is 32.6 Å². The molecule has 0 radical (unpaired) electrons. The highest BCUT2D eigenvalue weighted by Crippen LogP contribution is 2.30. The molecule has 0 unspecified atom stereocenters. The van der Waals surface area contributed by atoms with E-state index >= 15 is 0 Å². The predicted octanol–water partition coefficient (Wildman–Crippen LogP) is 6.97. The van der Waals surface area contributed by atoms with Gasteiger partial charge < -0.3 is 10.2 Å². The molecule has 0 aromatic heterocycles. The van der Waals surface area contributed by atoms with Gasteiger partial charge in [-0.25, -0.2) is 8.42 Å². The number of benzene rings is 4. The molecule has 0 heterocycles. The molecule has 0 saturated heterocycles. The molecule has 0 bridgehead atoms. The van der Waals surface area contributed by atoms with Crippen molar-refractivity contribution in [3.8, 4) is 0 Å². The Balaban J connectivity index is 1.81. The molecule has 1 atom stereocenters. The van der Waals surface area contributed by atoms with Crippen LogP contribution in [0.4, 0.5) is 5.69 Å². The average Bonchev–Trinajstić information content (AvgIpc) is 3.01. The molecular formula is C35H37Cl2N3O4S. The van der Waals surface area contributed by atoms with Crippen molar-refractivity contribution in [2.75, 3.05) is 17.4 Å². The predicted molar refractivity (Wildman–Crippen MR) is 181 cm³/mol. The van der Waals surface area contributed by atoms with E-state index in [1.165, 1.54) is 35.2 Å². The Bertz CT molecular complexity index is 1690. The van der Waals surface area contributed by atoms with Crippen molar-refractivity contribution in [1.82, 2.24) is 10.2 Å². The maximum Gasteiger partial charge on any atom is 0.264 e. The van der Waals surface area contributed by atoms with Crippen molar-refractivity contribution in [1.29, 1.82) is 0 Å². The number of sulfonamides is 1. The molecule has 4 rings (SSSR count). The van der Waals surface area contributed by atoms with E-state index in [9.17, 15) is 18.0 Å². The molecule has 0 spiro atoms. The average molecular weight is 667 g/mol. The standard InChI is InChI=1S/C35H37Cl2N3O4S/c1-4-18-38-35(42)33(19-27-8-6-5-7-9-27)39(23-28-14-10-25(2)11-15-28)34(41)24-40(31-21-29(36)20-30(37)22-31)45(43,44)32-16-12-26(3)13-17-32/h5-17,20-22,33H,4,18-19,23-24H2,1-3H3,(H,38,42)/t33-/m0/s1. The topological polar surface area (TPSA) is 86.8 Å². The van der Waals surface area contributed by atoms with Gasteiger partial charge in [0.1, 0.15) is 12.6 Å². The van der Waals surface area contributed by atoms with E-state index in [2.05, 4.69) is 5.32 Å². The quantitative estimate of drug-likeness (QED) is 0.167. The lowest BCUT2D eigenvalue weighted by Crippen LogP contribution is -2.53. The Kier molecular flexibility index (Phi) is 11.7. The molecule has 45 heavy (non-hydrogen) atoms. The van der Waals surface area contributed by atoms with E-state index < -0.39 is 28.5 Å². The lowest BCUT2D eigenvalue weighted by molar-refractivity contribution is -0.140. The third-order valence-corrected chi connectivity index (χ3v) is 9.54. The largest absolute Gasteiger partial charge is 0.354 e. The highest BCUT2D eigenvalue weighted by molar-refractivity contribution is 7.92. The second-order valence-corrected chi connectivity index (χ2v) is 13.7. The Morgan fingerprint density at radius 2 is 1.38 bits per heavy atom. The minimum absolute atomic E-state index is 0.00334. The third kappa shape index (κ3) is 9.10. The zero-order valence-corrected chi connectivity index (χ0v) is 27.9. The van der Waals surface area contributed by atoms with Gasteiger partial charge in [-0.1, -0.05) is 108 Å². The van der Waals surface area contributed by atoms with E-state index in [1.54, 1.807) is 12.1 Å². The molecule has 10 heteroatoms. The van der Waals surface area contributed by atoms with Crippen LogP contribution >= 0.6 is 23.2 Å². The molecule has 4 aromatic carbocycles. The van der Waals surface area contributed by atoms with Crippen LogP contribution in [0.1, 0.15) is 35.6 Å². The molecule has 0 aliphatic carbocycles. The summed E-state index contributed by atoms with van der Waals surface area (Å²) in [6.45, 7) is 5.70. The molecule has 0 aliphatic heterocycles. The van der Waals surface area contributed by atoms with Crippen LogP contribution in [0.3, 0.4) is 0 Å². The smallest absolute Gasteiger partial charge is 0.264 e. The lowest BCUT2D eigenvalue weighted by Gasteiger charge is -2.34. The highest BCUT2D eigenvalue weighted by atomic mass is 35.5. The Hall–Kier alpha value is -3.85. The number of aryl methyl sites for hydroxylation is 2. The van der Waals surface area contributed by atoms with Gasteiger partial charge in [0.15, 0.2) is 0 Å². The SMILES string of the molecule is CCCNC(=O)[C@H](Cc1ccccc1)N(Cc1ccc(C)cc1)C(=O)CN(c1cc(Cl)cc(Cl)c1)S(=O)(=O)c1ccc(C)cc1. The van der Waals surface area contributed by atoms with Gasteiger partial charge in [0.25, 0.3) is 10.0 Å². The number of rotatable bonds is 13. The molecule has 1 N–H and O–H groups in total. The van der Waals surface area contributed by atoms with Crippen molar-refractivity contribution in [3.05, 3.63) is 129 Å². The number of nitrogens with one attached hydrogen (secondary N) is 1. The number of amides is 2. The minimum Gasteiger partial charge on any atom is -0.354 e. The lowest BCUT2D eigenvalue weighted by atomic mass is 10.0. The first-order chi connectivity index (χ1) is 21.5. The fourth-order valence-corrected chi connectivity index (χ4v) is 6.77. The monoisotopic (exact) mass is 665 g/mol. The van der Waals surface area contributed by atoms with Gasteiger partial charge in [-0.15, -0.1) is 0 Å². The van der Waals surface area contributed by atoms with Gasteiger partial charge in [0.2, 0.25) is 11.8 Å². The first-order valence-electron chi connectivity index (χ1n) is 14.7. The highest BCUT2D eigenvalue weighted by Gasteiger charge is 2.34. The fraction of sp³-hybridized carbons (Fsp3) is 0.257. The fourth-order valence-electron chi connectivity index (χ4n) is 4.86. The van der Waals surface area contributed by atoms with E-state index in [0.717, 1.165) is 26.6 Å². The normalized spacial score (nSPS) is 11.9. The second-order valence-electron chi connectivity index (χ2n) is 11.0. The molecule has 7 nitrogen and oxygen atoms in total. The van der Waals surface area contributed by atoms with Crippen LogP contribution < -0.4 is 9.62 Å². The minimum atomic E-state index is -4.26. The molecule has 0 fully saturated rings. The van der Waals surface area contributed by atoms with Crippen molar-refractivity contribution >= 4 is 50.7 Å². The summed E-state index contributed by atoms with van der Waals surface area (Å²) in [6, 6.07) is 26.9. The summed E-state index contributed by atoms with van der Waals surface area (Å²) in [5.74, 6) is -0.880. The van der Waals surface area contributed by atoms with Gasteiger partial charge in [0.05, 0.1) is 10.6 Å². The summed E-state index contributed by atoms with van der Waals surface area (Å²) in [6.07, 6.45) is 0.954. The van der Waals surface area contributed by atoms with Gasteiger partial charge >= 0.3 is 0 Å². The van der Waals surface area contributed by atoms with Crippen molar-refractivity contribution in [2.45, 2.75) is 51.1 Å². The first kappa shape index (κ1) is 34.0. The van der Waals surface area contributed by atoms with E-state index in [4.69, 9.17) is 23.2 Å². The maximum atomic E-state index is 14.5. The summed E-state index contributed by atoms with van der Waals surface area (Å²) in [7, 11) is -4.26. The Morgan fingerprint density at radius 1 is 0.800 bits per heavy atom. The summed E-state index contributed by atoms with van der Waals surface area (Å²) in [4.78, 5) is 29.7. The zero-order chi connectivity index (χ0) is 32.6. The number of carbonyl (C=O) groups is 2. The van der Waals surface area contributed by atoms with Crippen LogP contribution in [-0.4, -0.2) is 44.3 Å². The Labute approximate surface area is 275 Å². The van der Waals surface area contributed by atoms with E-state index in [1.807, 2.05) is 75.4 Å². The Morgan fingerprint density at radius 3 is 1.96 bits per heavy atom. The van der Waals surface area contributed by atoms with Crippen molar-refractivity contribution in [3.63, 3.8) is 0 Å². The molecule has 236 valence electrons. The number of carbonyl (C=O) groups excluding carboxylic acids is 2. The number of hydrogen-bond acceptors (Lipinski definition) is 4. The van der Waals surface area contributed by atoms with Crippen LogP contribution in [0.5, 0.6) is 0 Å². The van der Waals surface area contributed by atoms with E-state index in [-0.39, 0.29) is 39.5 Å². The number of hydrogen-bond donors (Lipinski definition) is 1. The second kappa shape index (κ2) is 15.4. The molecular weight excluding hydrogens is 629 g/mol. The van der Waals surface area contributed by atoms with Crippen LogP contribution in [0.25, 0.3) is 0 Å².